The molecule has 1 aliphatic heterocycles. The van der Waals surface area contributed by atoms with E-state index in [1.165, 1.54) is 6.92 Å². The average Bonchev–Trinajstić information content (AvgIpc) is 2.85. The second-order valence-electron chi connectivity index (χ2n) is 6.89. The molecule has 2 rings (SSSR count). The van der Waals surface area contributed by atoms with Crippen LogP contribution >= 0.6 is 11.6 Å². The number of imide groups is 1. The molecule has 9 heteroatoms. The lowest BCUT2D eigenvalue weighted by Crippen LogP contribution is -2.44. The van der Waals surface area contributed by atoms with Crippen molar-refractivity contribution >= 4 is 41.1 Å². The van der Waals surface area contributed by atoms with E-state index in [-0.39, 0.29) is 0 Å². The van der Waals surface area contributed by atoms with Crippen molar-refractivity contribution in [1.82, 2.24) is 10.2 Å². The van der Waals surface area contributed by atoms with E-state index in [4.69, 9.17) is 16.3 Å². The van der Waals surface area contributed by atoms with Gasteiger partial charge in [-0.05, 0) is 44.5 Å². The Bertz CT molecular complexity index is 767. The number of hydrogen-bond donors (Lipinski definition) is 2. The highest BCUT2D eigenvalue weighted by Crippen LogP contribution is 2.23. The number of rotatable bonds is 8. The lowest BCUT2D eigenvalue weighted by Gasteiger charge is -2.21. The molecule has 1 aliphatic rings. The predicted molar refractivity (Wildman–Crippen MR) is 104 cm³/mol. The molecular weight excluding hydrogens is 386 g/mol. The summed E-state index contributed by atoms with van der Waals surface area (Å²) in [6.45, 7) is 4.47. The number of carbonyl (C=O) groups excluding carboxylic acids is 4. The summed E-state index contributed by atoms with van der Waals surface area (Å²) in [7, 11) is 0. The van der Waals surface area contributed by atoms with Crippen LogP contribution in [0.3, 0.4) is 0 Å². The minimum absolute atomic E-state index is 0.471. The number of ether oxygens (including phenoxy) is 1. The standard InChI is InChI=1S/C19H24ClN3O5/c1-4-5-10-19(3)17(26)23(18(27)22-19)11-15(24)28-12(2)16(25)21-14-8-6-13(20)7-9-14/h6-9,12H,4-5,10-11H2,1-3H3,(H,21,25)(H,22,27)/t12-,19+/m0/s1. The Labute approximate surface area is 168 Å². The molecule has 0 aromatic heterocycles. The molecule has 1 saturated heterocycles. The minimum atomic E-state index is -1.10. The molecule has 0 spiro atoms. The van der Waals surface area contributed by atoms with Gasteiger partial charge in [-0.1, -0.05) is 31.4 Å². The number of hydrogen-bond acceptors (Lipinski definition) is 5. The second kappa shape index (κ2) is 9.05. The van der Waals surface area contributed by atoms with Crippen molar-refractivity contribution in [2.24, 2.45) is 0 Å². The van der Waals surface area contributed by atoms with Crippen LogP contribution in [0.5, 0.6) is 0 Å². The van der Waals surface area contributed by atoms with Crippen LogP contribution in [0.1, 0.15) is 40.0 Å². The molecule has 1 heterocycles. The molecule has 2 atom stereocenters. The van der Waals surface area contributed by atoms with Crippen molar-refractivity contribution in [2.45, 2.75) is 51.7 Å². The van der Waals surface area contributed by atoms with Gasteiger partial charge in [0.2, 0.25) is 0 Å². The number of nitrogens with zero attached hydrogens (tertiary/aromatic N) is 1. The first-order valence-corrected chi connectivity index (χ1v) is 9.44. The Kier molecular flexibility index (Phi) is 7.01. The largest absolute Gasteiger partial charge is 0.451 e. The van der Waals surface area contributed by atoms with Gasteiger partial charge >= 0.3 is 12.0 Å². The normalized spacial score (nSPS) is 19.9. The fraction of sp³-hybridized carbons (Fsp3) is 0.474. The number of halogens is 1. The van der Waals surface area contributed by atoms with E-state index in [2.05, 4.69) is 10.6 Å². The Morgan fingerprint density at radius 3 is 2.54 bits per heavy atom. The molecule has 8 nitrogen and oxygen atoms in total. The van der Waals surface area contributed by atoms with E-state index in [9.17, 15) is 19.2 Å². The highest BCUT2D eigenvalue weighted by Gasteiger charge is 2.48. The fourth-order valence-corrected chi connectivity index (χ4v) is 2.91. The smallest absolute Gasteiger partial charge is 0.327 e. The summed E-state index contributed by atoms with van der Waals surface area (Å²) in [5.41, 5.74) is -0.525. The molecule has 1 aromatic rings. The summed E-state index contributed by atoms with van der Waals surface area (Å²) in [5.74, 6) is -1.86. The van der Waals surface area contributed by atoms with Crippen molar-refractivity contribution in [3.8, 4) is 0 Å². The quantitative estimate of drug-likeness (QED) is 0.507. The Morgan fingerprint density at radius 2 is 1.93 bits per heavy atom. The van der Waals surface area contributed by atoms with Crippen molar-refractivity contribution in [2.75, 3.05) is 11.9 Å². The highest BCUT2D eigenvalue weighted by molar-refractivity contribution is 6.30. The lowest BCUT2D eigenvalue weighted by atomic mass is 9.95. The van der Waals surface area contributed by atoms with Gasteiger partial charge in [0, 0.05) is 10.7 Å². The van der Waals surface area contributed by atoms with Crippen LogP contribution in [0, 0.1) is 0 Å². The van der Waals surface area contributed by atoms with Gasteiger partial charge in [0.25, 0.3) is 11.8 Å². The van der Waals surface area contributed by atoms with Crippen LogP contribution < -0.4 is 10.6 Å². The second-order valence-corrected chi connectivity index (χ2v) is 7.32. The van der Waals surface area contributed by atoms with Gasteiger partial charge in [-0.25, -0.2) is 4.79 Å². The molecule has 4 amide bonds. The van der Waals surface area contributed by atoms with Crippen molar-refractivity contribution in [1.29, 1.82) is 0 Å². The van der Waals surface area contributed by atoms with Crippen LogP contribution in [0.4, 0.5) is 10.5 Å². The number of urea groups is 1. The van der Waals surface area contributed by atoms with Gasteiger partial charge < -0.3 is 15.4 Å². The number of carbonyl (C=O) groups is 4. The summed E-state index contributed by atoms with van der Waals surface area (Å²) < 4.78 is 5.07. The summed E-state index contributed by atoms with van der Waals surface area (Å²) >= 11 is 5.79. The van der Waals surface area contributed by atoms with Gasteiger partial charge in [0.15, 0.2) is 6.10 Å². The first-order chi connectivity index (χ1) is 13.2. The van der Waals surface area contributed by atoms with Crippen molar-refractivity contribution in [3.63, 3.8) is 0 Å². The average molecular weight is 410 g/mol. The SMILES string of the molecule is CCCC[C@@]1(C)NC(=O)N(CC(=O)O[C@@H](C)C(=O)Nc2ccc(Cl)cc2)C1=O. The molecule has 28 heavy (non-hydrogen) atoms. The molecule has 1 aromatic carbocycles. The van der Waals surface area contributed by atoms with E-state index in [0.717, 1.165) is 17.7 Å². The van der Waals surface area contributed by atoms with E-state index in [1.807, 2.05) is 6.92 Å². The third kappa shape index (κ3) is 5.22. The van der Waals surface area contributed by atoms with Crippen LogP contribution in [-0.4, -0.2) is 46.9 Å². The van der Waals surface area contributed by atoms with Crippen LogP contribution in [-0.2, 0) is 19.1 Å². The maximum atomic E-state index is 12.5. The molecule has 152 valence electrons. The number of unbranched alkanes of at least 4 members (excludes halogenated alkanes) is 1. The van der Waals surface area contributed by atoms with Gasteiger partial charge in [-0.2, -0.15) is 0 Å². The van der Waals surface area contributed by atoms with E-state index < -0.39 is 42.0 Å². The van der Waals surface area contributed by atoms with Crippen LogP contribution in [0.15, 0.2) is 24.3 Å². The zero-order valence-electron chi connectivity index (χ0n) is 16.1. The molecule has 2 N–H and O–H groups in total. The molecule has 0 saturated carbocycles. The first-order valence-electron chi connectivity index (χ1n) is 9.06. The van der Waals surface area contributed by atoms with Crippen LogP contribution in [0.25, 0.3) is 0 Å². The molecular formula is C19H24ClN3O5. The number of anilines is 1. The highest BCUT2D eigenvalue weighted by atomic mass is 35.5. The molecule has 0 bridgehead atoms. The third-order valence-corrected chi connectivity index (χ3v) is 4.70. The molecule has 0 aliphatic carbocycles. The van der Waals surface area contributed by atoms with E-state index in [0.29, 0.717) is 17.1 Å². The topological polar surface area (TPSA) is 105 Å². The number of nitrogens with one attached hydrogen (secondary N) is 2. The minimum Gasteiger partial charge on any atom is -0.451 e. The summed E-state index contributed by atoms with van der Waals surface area (Å²) in [4.78, 5) is 49.7. The predicted octanol–water partition coefficient (Wildman–Crippen LogP) is 2.71. The van der Waals surface area contributed by atoms with Gasteiger partial charge in [0.05, 0.1) is 0 Å². The summed E-state index contributed by atoms with van der Waals surface area (Å²) in [6, 6.07) is 5.80. The zero-order valence-corrected chi connectivity index (χ0v) is 16.8. The van der Waals surface area contributed by atoms with Gasteiger partial charge in [-0.3, -0.25) is 19.3 Å². The Hall–Kier alpha value is -2.61. The third-order valence-electron chi connectivity index (χ3n) is 4.45. The Morgan fingerprint density at radius 1 is 1.29 bits per heavy atom. The van der Waals surface area contributed by atoms with Crippen molar-refractivity contribution < 1.29 is 23.9 Å². The monoisotopic (exact) mass is 409 g/mol. The maximum absolute atomic E-state index is 12.5. The van der Waals surface area contributed by atoms with E-state index >= 15 is 0 Å². The Balaban J connectivity index is 1.90. The van der Waals surface area contributed by atoms with E-state index in [1.54, 1.807) is 31.2 Å². The summed E-state index contributed by atoms with van der Waals surface area (Å²) in [5, 5.41) is 5.74. The summed E-state index contributed by atoms with van der Waals surface area (Å²) in [6.07, 6.45) is 1.03. The molecule has 0 unspecified atom stereocenters. The number of benzene rings is 1. The number of esters is 1. The first kappa shape index (κ1) is 21.7. The lowest BCUT2D eigenvalue weighted by molar-refractivity contribution is -0.155. The number of amides is 4. The van der Waals surface area contributed by atoms with Gasteiger partial charge in [-0.15, -0.1) is 0 Å². The zero-order chi connectivity index (χ0) is 20.9. The molecule has 1 fully saturated rings. The fourth-order valence-electron chi connectivity index (χ4n) is 2.78. The molecule has 0 radical (unpaired) electrons. The van der Waals surface area contributed by atoms with Crippen molar-refractivity contribution in [3.05, 3.63) is 29.3 Å². The maximum Gasteiger partial charge on any atom is 0.327 e. The van der Waals surface area contributed by atoms with Gasteiger partial charge in [0.1, 0.15) is 12.1 Å². The van der Waals surface area contributed by atoms with Crippen LogP contribution in [0.2, 0.25) is 5.02 Å².